The number of esters is 1. The lowest BCUT2D eigenvalue weighted by Crippen LogP contribution is -2.52. The van der Waals surface area contributed by atoms with Crippen LogP contribution in [0, 0.1) is 23.7 Å². The molecule has 0 aromatic rings. The molecule has 35 heavy (non-hydrogen) atoms. The maximum absolute atomic E-state index is 12.2. The van der Waals surface area contributed by atoms with E-state index in [1.165, 1.54) is 18.3 Å². The van der Waals surface area contributed by atoms with Crippen molar-refractivity contribution in [3.8, 4) is 11.8 Å². The van der Waals surface area contributed by atoms with Crippen molar-refractivity contribution in [1.82, 2.24) is 10.2 Å². The van der Waals surface area contributed by atoms with E-state index in [-0.39, 0.29) is 23.6 Å². The molecule has 1 aliphatic carbocycles. The summed E-state index contributed by atoms with van der Waals surface area (Å²) in [7, 11) is 1.42. The van der Waals surface area contributed by atoms with Gasteiger partial charge in [0.1, 0.15) is 24.1 Å². The molecule has 6 atom stereocenters. The van der Waals surface area contributed by atoms with Crippen LogP contribution in [-0.2, 0) is 19.1 Å². The molecule has 12 heteroatoms. The lowest BCUT2D eigenvalue weighted by Gasteiger charge is -2.32. The summed E-state index contributed by atoms with van der Waals surface area (Å²) in [6.07, 6.45) is -0.146. The summed E-state index contributed by atoms with van der Waals surface area (Å²) in [6, 6.07) is -0.578. The highest BCUT2D eigenvalue weighted by molar-refractivity contribution is 6.10. The number of hydrogen-bond acceptors (Lipinski definition) is 11. The monoisotopic (exact) mass is 488 g/mol. The summed E-state index contributed by atoms with van der Waals surface area (Å²) in [5, 5.41) is 23.5. The molecule has 2 fully saturated rings. The van der Waals surface area contributed by atoms with Crippen molar-refractivity contribution in [1.29, 1.82) is 0 Å². The van der Waals surface area contributed by atoms with Crippen LogP contribution in [0.4, 0.5) is 0 Å². The molecule has 12 nitrogen and oxygen atoms in total. The number of carbonyl (C=O) groups excluding carboxylic acids is 2. The number of hydrogen-bond donors (Lipinski definition) is 4. The van der Waals surface area contributed by atoms with Crippen molar-refractivity contribution in [3.05, 3.63) is 0 Å². The minimum Gasteiger partial charge on any atom is -0.469 e. The van der Waals surface area contributed by atoms with Gasteiger partial charge in [-0.1, -0.05) is 5.92 Å². The average Bonchev–Trinajstić information content (AvgIpc) is 3.40. The van der Waals surface area contributed by atoms with Crippen LogP contribution >= 0.6 is 0 Å². The quantitative estimate of drug-likeness (QED) is 0.275. The molecule has 0 spiro atoms. The Hall–Kier alpha value is -3.01. The van der Waals surface area contributed by atoms with Crippen LogP contribution in [0.15, 0.2) is 15.0 Å². The fourth-order valence-electron chi connectivity index (χ4n) is 4.88. The predicted molar refractivity (Wildman–Crippen MR) is 126 cm³/mol. The highest BCUT2D eigenvalue weighted by Crippen LogP contribution is 2.32. The van der Waals surface area contributed by atoms with Crippen LogP contribution in [0.5, 0.6) is 0 Å². The van der Waals surface area contributed by atoms with Crippen LogP contribution in [-0.4, -0.2) is 95.4 Å². The molecule has 3 heterocycles. The molecule has 0 aromatic carbocycles. The van der Waals surface area contributed by atoms with E-state index in [9.17, 15) is 19.8 Å². The maximum Gasteiger partial charge on any atom is 0.308 e. The van der Waals surface area contributed by atoms with E-state index in [0.29, 0.717) is 18.9 Å². The average molecular weight is 489 g/mol. The third kappa shape index (κ3) is 5.17. The topological polar surface area (TPSA) is 171 Å². The molecular formula is C23H32N6O6. The Morgan fingerprint density at radius 1 is 1.29 bits per heavy atom. The number of nitrogens with one attached hydrogen (secondary N) is 1. The van der Waals surface area contributed by atoms with Crippen LogP contribution < -0.4 is 11.1 Å². The normalized spacial score (nSPS) is 35.9. The van der Waals surface area contributed by atoms with E-state index in [4.69, 9.17) is 15.2 Å². The number of carbonyl (C=O) groups is 2. The van der Waals surface area contributed by atoms with Crippen molar-refractivity contribution in [3.63, 3.8) is 0 Å². The Morgan fingerprint density at radius 2 is 2.03 bits per heavy atom. The van der Waals surface area contributed by atoms with Gasteiger partial charge in [-0.05, 0) is 44.4 Å². The van der Waals surface area contributed by atoms with Gasteiger partial charge in [-0.25, -0.2) is 9.98 Å². The molecule has 0 radical (unpaired) electrons. The standard InChI is InChI=1S/C23H32N6O6/c1-3-25-21(32)18-16(30)17(31)22(35-18)29-11-26-15-19(24)27-14(28-20(15)29)6-4-5-12-7-9-13(10-8-12)23(33)34-2/h11-13,15-18,20,22,30-31H,3,5,7-10H2,1-2H3,(H,25,32)(H2,24,27,28)/t12?,13?,15?,16?,17-,18-,20?,22+/m0/s1. The first-order valence-electron chi connectivity index (χ1n) is 11.9. The van der Waals surface area contributed by atoms with Gasteiger partial charge in [0.05, 0.1) is 19.4 Å². The number of ether oxygens (including phenoxy) is 2. The predicted octanol–water partition coefficient (Wildman–Crippen LogP) is -1.25. The van der Waals surface area contributed by atoms with Crippen molar-refractivity contribution >= 4 is 29.9 Å². The zero-order valence-electron chi connectivity index (χ0n) is 19.8. The van der Waals surface area contributed by atoms with Crippen LogP contribution in [0.1, 0.15) is 39.0 Å². The lowest BCUT2D eigenvalue weighted by molar-refractivity contribution is -0.146. The zero-order valence-corrected chi connectivity index (χ0v) is 19.8. The highest BCUT2D eigenvalue weighted by Gasteiger charge is 2.52. The second kappa shape index (κ2) is 10.7. The van der Waals surface area contributed by atoms with E-state index in [0.717, 1.165) is 25.7 Å². The lowest BCUT2D eigenvalue weighted by atomic mass is 9.81. The smallest absolute Gasteiger partial charge is 0.308 e. The molecule has 5 N–H and O–H groups in total. The van der Waals surface area contributed by atoms with Gasteiger partial charge < -0.3 is 35.6 Å². The van der Waals surface area contributed by atoms with E-state index >= 15 is 0 Å². The largest absolute Gasteiger partial charge is 0.469 e. The van der Waals surface area contributed by atoms with Gasteiger partial charge in [0.15, 0.2) is 18.5 Å². The molecule has 0 aromatic heterocycles. The Morgan fingerprint density at radius 3 is 2.71 bits per heavy atom. The Kier molecular flexibility index (Phi) is 7.69. The molecule has 4 rings (SSSR count). The number of methoxy groups -OCH3 is 1. The number of amidine groups is 2. The molecule has 3 unspecified atom stereocenters. The number of fused-ring (bicyclic) bond motifs is 1. The molecule has 1 amide bonds. The SMILES string of the molecule is CCNC(=O)[C@H]1O[C@@H](N2C=NC3C(N)=NC(C#CCC4CCC(C(=O)OC)CC4)=NC32)[C@@H](O)C1O. The summed E-state index contributed by atoms with van der Waals surface area (Å²) in [6.45, 7) is 2.12. The van der Waals surface area contributed by atoms with E-state index in [1.807, 2.05) is 0 Å². The van der Waals surface area contributed by atoms with E-state index in [2.05, 4.69) is 32.1 Å². The van der Waals surface area contributed by atoms with Gasteiger partial charge >= 0.3 is 5.97 Å². The van der Waals surface area contributed by atoms with Crippen molar-refractivity contribution in [2.75, 3.05) is 13.7 Å². The number of aliphatic imine (C=N–C) groups is 3. The first-order chi connectivity index (χ1) is 16.8. The zero-order chi connectivity index (χ0) is 25.1. The highest BCUT2D eigenvalue weighted by atomic mass is 16.6. The summed E-state index contributed by atoms with van der Waals surface area (Å²) in [5.74, 6) is 6.30. The number of aliphatic hydroxyl groups is 2. The minimum absolute atomic E-state index is 0.0269. The Balaban J connectivity index is 1.40. The van der Waals surface area contributed by atoms with Crippen molar-refractivity contribution in [2.24, 2.45) is 32.5 Å². The summed E-state index contributed by atoms with van der Waals surface area (Å²) >= 11 is 0. The number of amides is 1. The fraction of sp³-hybridized carbons (Fsp3) is 0.696. The second-order valence-corrected chi connectivity index (χ2v) is 9.13. The van der Waals surface area contributed by atoms with Gasteiger partial charge in [0, 0.05) is 13.0 Å². The Bertz CT molecular complexity index is 979. The Labute approximate surface area is 203 Å². The summed E-state index contributed by atoms with van der Waals surface area (Å²) in [5.41, 5.74) is 6.12. The van der Waals surface area contributed by atoms with E-state index < -0.39 is 42.7 Å². The summed E-state index contributed by atoms with van der Waals surface area (Å²) in [4.78, 5) is 38.6. The second-order valence-electron chi connectivity index (χ2n) is 9.13. The molecule has 190 valence electrons. The number of nitrogens with two attached hydrogens (primary N) is 1. The fourth-order valence-corrected chi connectivity index (χ4v) is 4.88. The third-order valence-corrected chi connectivity index (χ3v) is 6.85. The molecule has 4 aliphatic rings. The van der Waals surface area contributed by atoms with Gasteiger partial charge in [0.2, 0.25) is 5.84 Å². The van der Waals surface area contributed by atoms with Crippen LogP contribution in [0.2, 0.25) is 0 Å². The first-order valence-corrected chi connectivity index (χ1v) is 11.9. The number of nitrogens with zero attached hydrogens (tertiary/aromatic N) is 4. The van der Waals surface area contributed by atoms with Gasteiger partial charge in [-0.2, -0.15) is 0 Å². The molecule has 0 bridgehead atoms. The van der Waals surface area contributed by atoms with Crippen molar-refractivity contribution < 1.29 is 29.3 Å². The molecule has 1 saturated carbocycles. The minimum atomic E-state index is -1.40. The van der Waals surface area contributed by atoms with Crippen LogP contribution in [0.3, 0.4) is 0 Å². The third-order valence-electron chi connectivity index (χ3n) is 6.85. The number of rotatable bonds is 5. The van der Waals surface area contributed by atoms with E-state index in [1.54, 1.807) is 6.92 Å². The van der Waals surface area contributed by atoms with Gasteiger partial charge in [0.25, 0.3) is 5.91 Å². The first kappa shape index (κ1) is 25.1. The molecule has 1 saturated heterocycles. The van der Waals surface area contributed by atoms with Crippen molar-refractivity contribution in [2.45, 2.75) is 75.8 Å². The maximum atomic E-state index is 12.2. The molecular weight excluding hydrogens is 456 g/mol. The number of likely N-dealkylation sites (N-methyl/N-ethyl adjacent to an activating group) is 1. The summed E-state index contributed by atoms with van der Waals surface area (Å²) < 4.78 is 10.5. The molecule has 3 aliphatic heterocycles. The van der Waals surface area contributed by atoms with Gasteiger partial charge in [-0.15, -0.1) is 0 Å². The van der Waals surface area contributed by atoms with Gasteiger partial charge in [-0.3, -0.25) is 14.6 Å². The number of aliphatic hydroxyl groups excluding tert-OH is 2. The van der Waals surface area contributed by atoms with Crippen LogP contribution in [0.25, 0.3) is 0 Å².